The fraction of sp³-hybridized carbons (Fsp3) is 0.500. The lowest BCUT2D eigenvalue weighted by molar-refractivity contribution is -0.481. The summed E-state index contributed by atoms with van der Waals surface area (Å²) in [5.74, 6) is -0.799. The molecule has 2 aromatic rings. The third kappa shape index (κ3) is 4.29. The van der Waals surface area contributed by atoms with Gasteiger partial charge in [-0.2, -0.15) is 4.31 Å². The van der Waals surface area contributed by atoms with Crippen LogP contribution in [0.2, 0.25) is 0 Å². The lowest BCUT2D eigenvalue weighted by Gasteiger charge is -2.56. The average Bonchev–Trinajstić information content (AvgIpc) is 2.84. The van der Waals surface area contributed by atoms with Crippen LogP contribution in [0.4, 0.5) is 0 Å². The lowest BCUT2D eigenvalue weighted by atomic mass is 9.90. The minimum atomic E-state index is -3.83. The van der Waals surface area contributed by atoms with E-state index in [2.05, 4.69) is 5.32 Å². The first-order chi connectivity index (χ1) is 15.8. The molecule has 4 heterocycles. The van der Waals surface area contributed by atoms with Gasteiger partial charge in [-0.3, -0.25) is 0 Å². The third-order valence-electron chi connectivity index (χ3n) is 6.49. The molecule has 2 unspecified atom stereocenters. The number of benzene rings is 2. The average molecular weight is 475 g/mol. The molecule has 4 aliphatic heterocycles. The molecule has 0 amide bonds. The van der Waals surface area contributed by atoms with Crippen molar-refractivity contribution in [2.45, 2.75) is 43.4 Å². The molecule has 9 heteroatoms. The highest BCUT2D eigenvalue weighted by molar-refractivity contribution is 7.89. The van der Waals surface area contributed by atoms with E-state index in [9.17, 15) is 8.42 Å². The van der Waals surface area contributed by atoms with Crippen LogP contribution in [-0.2, 0) is 30.8 Å². The molecule has 1 N–H and O–H groups in total. The molecule has 33 heavy (non-hydrogen) atoms. The van der Waals surface area contributed by atoms with Gasteiger partial charge in [0.15, 0.2) is 0 Å². The molecule has 178 valence electrons. The molecule has 0 aliphatic carbocycles. The highest BCUT2D eigenvalue weighted by Gasteiger charge is 2.60. The van der Waals surface area contributed by atoms with Gasteiger partial charge in [-0.05, 0) is 36.8 Å². The summed E-state index contributed by atoms with van der Waals surface area (Å²) in [7, 11) is -3.83. The van der Waals surface area contributed by atoms with Gasteiger partial charge in [-0.15, -0.1) is 0 Å². The SMILES string of the molecule is CC1NCCN(S(=O)(=O)c2ccc(OCc3ccccc3)cc2)C1C12OCC(C)(CO1)CO2. The van der Waals surface area contributed by atoms with Gasteiger partial charge >= 0.3 is 5.97 Å². The van der Waals surface area contributed by atoms with Gasteiger partial charge in [0.05, 0.1) is 24.7 Å². The van der Waals surface area contributed by atoms with E-state index in [-0.39, 0.29) is 16.4 Å². The first-order valence-electron chi connectivity index (χ1n) is 11.3. The minimum Gasteiger partial charge on any atom is -0.489 e. The number of sulfonamides is 1. The first kappa shape index (κ1) is 22.8. The van der Waals surface area contributed by atoms with Crippen LogP contribution in [0, 0.1) is 5.41 Å². The smallest absolute Gasteiger partial charge is 0.302 e. The summed E-state index contributed by atoms with van der Waals surface area (Å²) in [6, 6.07) is 15.5. The molecule has 4 aliphatic rings. The van der Waals surface area contributed by atoms with E-state index in [0.717, 1.165) is 5.56 Å². The maximum Gasteiger partial charge on any atom is 0.302 e. The van der Waals surface area contributed by atoms with Crippen molar-refractivity contribution >= 4 is 10.0 Å². The van der Waals surface area contributed by atoms with Crippen molar-refractivity contribution in [2.24, 2.45) is 5.41 Å². The summed E-state index contributed by atoms with van der Waals surface area (Å²) < 4.78 is 52.7. The Morgan fingerprint density at radius 2 is 1.67 bits per heavy atom. The highest BCUT2D eigenvalue weighted by atomic mass is 32.2. The van der Waals surface area contributed by atoms with Crippen molar-refractivity contribution in [3.8, 4) is 5.75 Å². The van der Waals surface area contributed by atoms with Crippen molar-refractivity contribution in [3.63, 3.8) is 0 Å². The predicted octanol–water partition coefficient (Wildman–Crippen LogP) is 2.35. The lowest BCUT2D eigenvalue weighted by Crippen LogP contribution is -2.74. The Bertz CT molecular complexity index is 1050. The van der Waals surface area contributed by atoms with Gasteiger partial charge in [0.2, 0.25) is 10.0 Å². The number of piperazine rings is 1. The van der Waals surface area contributed by atoms with Crippen molar-refractivity contribution in [2.75, 3.05) is 32.9 Å². The van der Waals surface area contributed by atoms with Crippen molar-refractivity contribution in [3.05, 3.63) is 60.2 Å². The normalized spacial score (nSPS) is 32.5. The Balaban J connectivity index is 1.36. The molecular weight excluding hydrogens is 444 g/mol. The van der Waals surface area contributed by atoms with Crippen LogP contribution < -0.4 is 10.1 Å². The molecule has 8 nitrogen and oxygen atoms in total. The molecule has 4 fully saturated rings. The van der Waals surface area contributed by atoms with Gasteiger partial charge in [-0.1, -0.05) is 37.3 Å². The quantitative estimate of drug-likeness (QED) is 0.688. The largest absolute Gasteiger partial charge is 0.489 e. The molecule has 2 atom stereocenters. The zero-order valence-corrected chi connectivity index (χ0v) is 19.7. The Labute approximate surface area is 194 Å². The third-order valence-corrected chi connectivity index (χ3v) is 8.38. The van der Waals surface area contributed by atoms with Gasteiger partial charge in [0, 0.05) is 24.5 Å². The molecule has 2 aromatic carbocycles. The van der Waals surface area contributed by atoms with Crippen molar-refractivity contribution < 1.29 is 27.4 Å². The molecule has 0 saturated carbocycles. The summed E-state index contributed by atoms with van der Waals surface area (Å²) in [6.07, 6.45) is 0. The van der Waals surface area contributed by atoms with Crippen LogP contribution in [0.15, 0.2) is 59.5 Å². The van der Waals surface area contributed by atoms with E-state index in [0.29, 0.717) is 45.3 Å². The van der Waals surface area contributed by atoms with Crippen LogP contribution in [0.1, 0.15) is 19.4 Å². The molecule has 0 aromatic heterocycles. The van der Waals surface area contributed by atoms with E-state index in [1.807, 2.05) is 44.2 Å². The predicted molar refractivity (Wildman–Crippen MR) is 121 cm³/mol. The Morgan fingerprint density at radius 1 is 1.03 bits per heavy atom. The summed E-state index contributed by atoms with van der Waals surface area (Å²) in [6.45, 7) is 6.61. The molecule has 6 rings (SSSR count). The molecule has 0 radical (unpaired) electrons. The minimum absolute atomic E-state index is 0.196. The zero-order valence-electron chi connectivity index (χ0n) is 18.9. The Kier molecular flexibility index (Phi) is 5.97. The Hall–Kier alpha value is -2.01. The number of rotatable bonds is 6. The second-order valence-electron chi connectivity index (χ2n) is 9.33. The number of fused-ring (bicyclic) bond motifs is 3. The summed E-state index contributed by atoms with van der Waals surface area (Å²) in [5, 5.41) is 3.34. The number of hydrogen-bond donors (Lipinski definition) is 1. The van der Waals surface area contributed by atoms with E-state index in [1.165, 1.54) is 4.31 Å². The summed E-state index contributed by atoms with van der Waals surface area (Å²) in [4.78, 5) is 0.196. The second kappa shape index (κ2) is 8.65. The van der Waals surface area contributed by atoms with Gasteiger partial charge in [-0.25, -0.2) is 8.42 Å². The number of hydrogen-bond acceptors (Lipinski definition) is 7. The second-order valence-corrected chi connectivity index (χ2v) is 11.2. The van der Waals surface area contributed by atoms with E-state index in [4.69, 9.17) is 18.9 Å². The first-order valence-corrected chi connectivity index (χ1v) is 12.7. The maximum absolute atomic E-state index is 13.7. The monoisotopic (exact) mass is 474 g/mol. The van der Waals surface area contributed by atoms with Gasteiger partial charge < -0.3 is 24.3 Å². The van der Waals surface area contributed by atoms with Crippen LogP contribution in [0.3, 0.4) is 0 Å². The van der Waals surface area contributed by atoms with Gasteiger partial charge in [0.1, 0.15) is 18.4 Å². The standard InChI is InChI=1S/C24H30N2O6S/c1-18-22(24-30-15-23(2,16-31-24)17-32-24)26(13-12-25-18)33(27,28)21-10-8-20(9-11-21)29-14-19-6-4-3-5-7-19/h3-11,18,22,25H,12-17H2,1-2H3. The number of nitrogens with one attached hydrogen (secondary N) is 1. The maximum atomic E-state index is 13.7. The van der Waals surface area contributed by atoms with Crippen LogP contribution >= 0.6 is 0 Å². The molecule has 4 saturated heterocycles. The van der Waals surface area contributed by atoms with Gasteiger partial charge in [0.25, 0.3) is 0 Å². The zero-order chi connectivity index (χ0) is 23.1. The summed E-state index contributed by atoms with van der Waals surface area (Å²) in [5.41, 5.74) is 0.842. The fourth-order valence-corrected chi connectivity index (χ4v) is 6.26. The number of ether oxygens (including phenoxy) is 4. The highest BCUT2D eigenvalue weighted by Crippen LogP contribution is 2.43. The topological polar surface area (TPSA) is 86.3 Å². The van der Waals surface area contributed by atoms with E-state index < -0.39 is 22.0 Å². The van der Waals surface area contributed by atoms with Crippen LogP contribution in [0.5, 0.6) is 5.75 Å². The summed E-state index contributed by atoms with van der Waals surface area (Å²) >= 11 is 0. The van der Waals surface area contributed by atoms with Crippen molar-refractivity contribution in [1.29, 1.82) is 0 Å². The molecular formula is C24H30N2O6S. The van der Waals surface area contributed by atoms with Crippen LogP contribution in [-0.4, -0.2) is 63.7 Å². The fourth-order valence-electron chi connectivity index (χ4n) is 4.57. The Morgan fingerprint density at radius 3 is 2.30 bits per heavy atom. The number of nitrogens with zero attached hydrogens (tertiary/aromatic N) is 1. The van der Waals surface area contributed by atoms with E-state index in [1.54, 1.807) is 24.3 Å². The van der Waals surface area contributed by atoms with E-state index >= 15 is 0 Å². The van der Waals surface area contributed by atoms with Crippen molar-refractivity contribution in [1.82, 2.24) is 9.62 Å². The molecule has 0 spiro atoms. The van der Waals surface area contributed by atoms with Crippen LogP contribution in [0.25, 0.3) is 0 Å². The molecule has 2 bridgehead atoms.